The van der Waals surface area contributed by atoms with E-state index in [2.05, 4.69) is 5.32 Å². The first kappa shape index (κ1) is 23.9. The highest BCUT2D eigenvalue weighted by Crippen LogP contribution is 2.30. The van der Waals surface area contributed by atoms with Gasteiger partial charge < -0.3 is 54.5 Å². The molecular weight excluding hydrogens is 398 g/mol. The lowest BCUT2D eigenvalue weighted by atomic mass is 9.95. The number of rotatable bonds is 7. The fourth-order valence-electron chi connectivity index (χ4n) is 3.39. The average Bonchev–Trinajstić information content (AvgIpc) is 2.67. The van der Waals surface area contributed by atoms with Crippen LogP contribution < -0.4 is 5.32 Å². The van der Waals surface area contributed by atoms with Crippen molar-refractivity contribution in [3.8, 4) is 0 Å². The fourth-order valence-corrected chi connectivity index (χ4v) is 3.39. The maximum Gasteiger partial charge on any atom is 0.335 e. The van der Waals surface area contributed by atoms with Gasteiger partial charge in [-0.1, -0.05) is 0 Å². The third-order valence-electron chi connectivity index (χ3n) is 4.81. The monoisotopic (exact) mass is 425 g/mol. The molecule has 2 rings (SSSR count). The molecule has 10 atom stereocenters. The van der Waals surface area contributed by atoms with Crippen LogP contribution in [0.25, 0.3) is 0 Å². The van der Waals surface area contributed by atoms with Crippen LogP contribution in [-0.2, 0) is 33.3 Å². The van der Waals surface area contributed by atoms with Crippen molar-refractivity contribution in [2.24, 2.45) is 0 Å². The Bertz CT molecular complexity index is 576. The van der Waals surface area contributed by atoms with E-state index in [1.807, 2.05) is 0 Å². The smallest absolute Gasteiger partial charge is 0.335 e. The number of nitrogens with one attached hydrogen (secondary N) is 1. The quantitative estimate of drug-likeness (QED) is 0.233. The number of hydrogen-bond acceptors (Lipinski definition) is 11. The minimum atomic E-state index is -1.73. The normalized spacial score (nSPS) is 43.0. The molecule has 168 valence electrons. The molecular formula is C16H27NO12. The van der Waals surface area contributed by atoms with Gasteiger partial charge in [-0.25, -0.2) is 4.79 Å². The van der Waals surface area contributed by atoms with Crippen LogP contribution in [-0.4, -0.2) is 120 Å². The standard InChI is InChI=1S/C16H27NO12/c1-5(19)17-7-8(20)11(6(4-18)27-15(7)26-3)28-16-10(22)9(21)12(25-2)13(29-16)14(23)24/h6-13,15-16,18,20-22H,4H2,1-3H3,(H,17,19)(H,23,24)/t6?,7?,8-,9-,10?,11-,12+,13?,15-,16-/m1/s1. The van der Waals surface area contributed by atoms with Crippen LogP contribution in [0.3, 0.4) is 0 Å². The summed E-state index contributed by atoms with van der Waals surface area (Å²) in [4.78, 5) is 22.9. The Hall–Kier alpha value is -1.42. The zero-order valence-corrected chi connectivity index (χ0v) is 16.1. The van der Waals surface area contributed by atoms with Gasteiger partial charge in [0.2, 0.25) is 5.91 Å². The minimum Gasteiger partial charge on any atom is -0.479 e. The van der Waals surface area contributed by atoms with E-state index < -0.39 is 79.8 Å². The Kier molecular flexibility index (Phi) is 8.28. The minimum absolute atomic E-state index is 0.501. The van der Waals surface area contributed by atoms with Gasteiger partial charge in [0.15, 0.2) is 18.7 Å². The molecule has 0 radical (unpaired) electrons. The molecule has 4 unspecified atom stereocenters. The summed E-state index contributed by atoms with van der Waals surface area (Å²) >= 11 is 0. The zero-order valence-electron chi connectivity index (χ0n) is 16.1. The molecule has 2 saturated heterocycles. The van der Waals surface area contributed by atoms with Crippen molar-refractivity contribution >= 4 is 11.9 Å². The van der Waals surface area contributed by atoms with Gasteiger partial charge in [-0.2, -0.15) is 0 Å². The number of carboxylic acid groups (broad SMARTS) is 1. The molecule has 0 bridgehead atoms. The summed E-state index contributed by atoms with van der Waals surface area (Å²) in [6, 6.07) is -1.10. The molecule has 6 N–H and O–H groups in total. The second-order valence-corrected chi connectivity index (χ2v) is 6.72. The van der Waals surface area contributed by atoms with E-state index in [1.165, 1.54) is 14.0 Å². The summed E-state index contributed by atoms with van der Waals surface area (Å²) in [5.74, 6) is -1.97. The van der Waals surface area contributed by atoms with Crippen molar-refractivity contribution in [2.75, 3.05) is 20.8 Å². The number of aliphatic hydroxyl groups excluding tert-OH is 4. The first-order valence-electron chi connectivity index (χ1n) is 8.83. The Morgan fingerprint density at radius 3 is 2.10 bits per heavy atom. The summed E-state index contributed by atoms with van der Waals surface area (Å²) in [5.41, 5.74) is 0. The lowest BCUT2D eigenvalue weighted by molar-refractivity contribution is -0.343. The average molecular weight is 425 g/mol. The zero-order chi connectivity index (χ0) is 21.9. The van der Waals surface area contributed by atoms with Crippen LogP contribution in [0.5, 0.6) is 0 Å². The van der Waals surface area contributed by atoms with E-state index in [4.69, 9.17) is 23.7 Å². The molecule has 0 saturated carbocycles. The van der Waals surface area contributed by atoms with E-state index in [9.17, 15) is 35.1 Å². The van der Waals surface area contributed by atoms with Gasteiger partial charge in [-0.15, -0.1) is 0 Å². The van der Waals surface area contributed by atoms with Crippen molar-refractivity contribution in [3.05, 3.63) is 0 Å². The number of ether oxygens (including phenoxy) is 5. The fraction of sp³-hybridized carbons (Fsp3) is 0.875. The molecule has 1 amide bonds. The highest BCUT2D eigenvalue weighted by Gasteiger charge is 2.52. The molecule has 29 heavy (non-hydrogen) atoms. The van der Waals surface area contributed by atoms with Gasteiger partial charge >= 0.3 is 5.97 Å². The van der Waals surface area contributed by atoms with Gasteiger partial charge in [0, 0.05) is 21.1 Å². The van der Waals surface area contributed by atoms with Crippen LogP contribution in [0.15, 0.2) is 0 Å². The van der Waals surface area contributed by atoms with Crippen molar-refractivity contribution < 1.29 is 58.8 Å². The van der Waals surface area contributed by atoms with E-state index in [0.717, 1.165) is 7.11 Å². The first-order chi connectivity index (χ1) is 13.7. The summed E-state index contributed by atoms with van der Waals surface area (Å²) in [7, 11) is 2.42. The van der Waals surface area contributed by atoms with E-state index in [0.29, 0.717) is 0 Å². The number of carbonyl (C=O) groups is 2. The van der Waals surface area contributed by atoms with Crippen LogP contribution in [0.4, 0.5) is 0 Å². The predicted molar refractivity (Wildman–Crippen MR) is 90.3 cm³/mol. The van der Waals surface area contributed by atoms with Crippen LogP contribution in [0.2, 0.25) is 0 Å². The number of amides is 1. The molecule has 2 fully saturated rings. The number of carbonyl (C=O) groups excluding carboxylic acids is 1. The second-order valence-electron chi connectivity index (χ2n) is 6.72. The van der Waals surface area contributed by atoms with Crippen molar-refractivity contribution in [3.63, 3.8) is 0 Å². The van der Waals surface area contributed by atoms with Gasteiger partial charge in [-0.3, -0.25) is 4.79 Å². The van der Waals surface area contributed by atoms with Crippen molar-refractivity contribution in [1.29, 1.82) is 0 Å². The first-order valence-corrected chi connectivity index (χ1v) is 8.83. The third-order valence-corrected chi connectivity index (χ3v) is 4.81. The predicted octanol–water partition coefficient (Wildman–Crippen LogP) is -3.85. The Labute approximate surface area is 166 Å². The van der Waals surface area contributed by atoms with Crippen molar-refractivity contribution in [1.82, 2.24) is 5.32 Å². The molecule has 0 aromatic rings. The Balaban J connectivity index is 2.24. The van der Waals surface area contributed by atoms with Crippen LogP contribution >= 0.6 is 0 Å². The Morgan fingerprint density at radius 1 is 0.966 bits per heavy atom. The van der Waals surface area contributed by atoms with Gasteiger partial charge in [0.25, 0.3) is 0 Å². The lowest BCUT2D eigenvalue weighted by Gasteiger charge is -2.46. The molecule has 2 heterocycles. The maximum absolute atomic E-state index is 11.4. The number of hydrogen-bond donors (Lipinski definition) is 6. The van der Waals surface area contributed by atoms with E-state index in [1.54, 1.807) is 0 Å². The second kappa shape index (κ2) is 10.1. The molecule has 0 aromatic carbocycles. The van der Waals surface area contributed by atoms with E-state index in [-0.39, 0.29) is 0 Å². The van der Waals surface area contributed by atoms with Gasteiger partial charge in [-0.05, 0) is 0 Å². The summed E-state index contributed by atoms with van der Waals surface area (Å²) in [6.45, 7) is 0.572. The molecule has 0 aliphatic carbocycles. The topological polar surface area (TPSA) is 193 Å². The van der Waals surface area contributed by atoms with Gasteiger partial charge in [0.05, 0.1) is 6.61 Å². The van der Waals surface area contributed by atoms with Crippen molar-refractivity contribution in [2.45, 2.75) is 68.3 Å². The summed E-state index contributed by atoms with van der Waals surface area (Å²) < 4.78 is 26.2. The highest BCUT2D eigenvalue weighted by molar-refractivity contribution is 5.73. The van der Waals surface area contributed by atoms with Crippen LogP contribution in [0.1, 0.15) is 6.92 Å². The molecule has 2 aliphatic rings. The molecule has 2 aliphatic heterocycles. The highest BCUT2D eigenvalue weighted by atomic mass is 16.7. The summed E-state index contributed by atoms with van der Waals surface area (Å²) in [6.07, 6.45) is -13.3. The maximum atomic E-state index is 11.4. The third kappa shape index (κ3) is 5.02. The van der Waals surface area contributed by atoms with Crippen LogP contribution in [0, 0.1) is 0 Å². The summed E-state index contributed by atoms with van der Waals surface area (Å²) in [5, 5.41) is 52.5. The number of methoxy groups -OCH3 is 2. The molecule has 0 aromatic heterocycles. The largest absolute Gasteiger partial charge is 0.479 e. The number of carboxylic acids is 1. The number of aliphatic carboxylic acids is 1. The SMILES string of the molecule is CO[C@@H]1OC(CO)[C@@H](O[C@@H]2OC(C(=O)O)[C@@H](OC)[C@H](O)C2O)[C@H](O)C1NC(C)=O. The molecule has 0 spiro atoms. The Morgan fingerprint density at radius 2 is 1.62 bits per heavy atom. The van der Waals surface area contributed by atoms with E-state index >= 15 is 0 Å². The lowest BCUT2D eigenvalue weighted by Crippen LogP contribution is -2.67. The molecule has 13 heteroatoms. The number of aliphatic hydroxyl groups is 4. The molecule has 13 nitrogen and oxygen atoms in total. The van der Waals surface area contributed by atoms with Gasteiger partial charge in [0.1, 0.15) is 42.7 Å².